The Hall–Kier alpha value is -3.29. The zero-order valence-corrected chi connectivity index (χ0v) is 56.0. The molecule has 0 saturated carbocycles. The molecule has 1 amide bonds. The van der Waals surface area contributed by atoms with Crippen LogP contribution in [0.2, 0.25) is 0 Å². The van der Waals surface area contributed by atoms with Gasteiger partial charge in [0.25, 0.3) is 0 Å². The maximum absolute atomic E-state index is 13.4. The van der Waals surface area contributed by atoms with Gasteiger partial charge in [0.2, 0.25) is 5.91 Å². The maximum Gasteiger partial charge on any atom is 0.220 e. The second-order valence-corrected chi connectivity index (χ2v) is 24.9. The topological polar surface area (TPSA) is 307 Å². The lowest BCUT2D eigenvalue weighted by Gasteiger charge is -2.48. The molecule has 3 aliphatic heterocycles. The van der Waals surface area contributed by atoms with E-state index in [1.165, 1.54) is 89.9 Å². The number of nitrogens with one attached hydrogen (secondary N) is 1. The highest BCUT2D eigenvalue weighted by Crippen LogP contribution is 2.33. The Kier molecular flexibility index (Phi) is 48.5. The second kappa shape index (κ2) is 53.8. The van der Waals surface area contributed by atoms with Crippen molar-refractivity contribution in [3.63, 3.8) is 0 Å². The monoisotopic (exact) mass is 1300 g/mol. The minimum atomic E-state index is -1.99. The number of aliphatic hydroxyl groups excluding tert-OH is 11. The van der Waals surface area contributed by atoms with Crippen LogP contribution in [0.25, 0.3) is 0 Å². The fourth-order valence-electron chi connectivity index (χ4n) is 11.4. The van der Waals surface area contributed by atoms with E-state index in [1.807, 2.05) is 6.08 Å². The van der Waals surface area contributed by atoms with Crippen molar-refractivity contribution in [2.75, 3.05) is 26.4 Å². The first-order chi connectivity index (χ1) is 44.8. The third-order valence-electron chi connectivity index (χ3n) is 17.1. The normalized spacial score (nSPS) is 28.3. The molecular formula is C73H125NO18. The number of amides is 1. The summed E-state index contributed by atoms with van der Waals surface area (Å²) in [5, 5.41) is 121. The molecule has 3 fully saturated rings. The Bertz CT molecular complexity index is 2040. The average Bonchev–Trinajstić information content (AvgIpc) is 0.838. The van der Waals surface area contributed by atoms with Crippen LogP contribution in [0.5, 0.6) is 0 Å². The summed E-state index contributed by atoms with van der Waals surface area (Å²) in [6.45, 7) is 1.58. The van der Waals surface area contributed by atoms with Gasteiger partial charge in [-0.05, 0) is 89.9 Å². The van der Waals surface area contributed by atoms with E-state index in [0.29, 0.717) is 12.8 Å². The van der Waals surface area contributed by atoms with Crippen LogP contribution in [0.15, 0.2) is 97.2 Å². The van der Waals surface area contributed by atoms with E-state index < -0.39 is 124 Å². The third-order valence-corrected chi connectivity index (χ3v) is 17.1. The van der Waals surface area contributed by atoms with Crippen LogP contribution >= 0.6 is 0 Å². The number of carbonyl (C=O) groups is 1. The summed E-state index contributed by atoms with van der Waals surface area (Å²) >= 11 is 0. The minimum Gasteiger partial charge on any atom is -0.394 e. The lowest BCUT2D eigenvalue weighted by Crippen LogP contribution is -2.66. The molecular weight excluding hydrogens is 1180 g/mol. The Morgan fingerprint density at radius 3 is 1.22 bits per heavy atom. The van der Waals surface area contributed by atoms with Crippen LogP contribution in [0.1, 0.15) is 226 Å². The number of allylic oxidation sites excluding steroid dienone is 15. The molecule has 19 heteroatoms. The van der Waals surface area contributed by atoms with Gasteiger partial charge >= 0.3 is 0 Å². The van der Waals surface area contributed by atoms with E-state index in [1.54, 1.807) is 6.08 Å². The fourth-order valence-corrected chi connectivity index (χ4v) is 11.4. The molecule has 17 unspecified atom stereocenters. The predicted octanol–water partition coefficient (Wildman–Crippen LogP) is 9.66. The molecule has 12 N–H and O–H groups in total. The van der Waals surface area contributed by atoms with Crippen LogP contribution in [-0.4, -0.2) is 193 Å². The molecule has 0 aromatic rings. The molecule has 17 atom stereocenters. The number of hydrogen-bond acceptors (Lipinski definition) is 18. The summed E-state index contributed by atoms with van der Waals surface area (Å²) in [5.74, 6) is -0.304. The van der Waals surface area contributed by atoms with Crippen LogP contribution in [0.4, 0.5) is 0 Å². The van der Waals surface area contributed by atoms with E-state index in [2.05, 4.69) is 104 Å². The molecule has 530 valence electrons. The lowest BCUT2D eigenvalue weighted by molar-refractivity contribution is -0.379. The Labute approximate surface area is 552 Å². The summed E-state index contributed by atoms with van der Waals surface area (Å²) < 4.78 is 34.3. The SMILES string of the molecule is CC/C=C\C/C=C\C/C=C\C/C=C\C/C=C\CCCCCCCCCC(=O)NC(COC1OC(CO)C(OC2OC(CO)C(OC3OC(CO)C(O)C(O)C3O)C(O)C2O)C(O)C1O)C(O)/C=C/CC/C=C/CC/C=C/CCCCCCCCCCCCCCCC. The van der Waals surface area contributed by atoms with Crippen LogP contribution in [-0.2, 0) is 33.2 Å². The molecule has 3 rings (SSSR count). The largest absolute Gasteiger partial charge is 0.394 e. The Morgan fingerprint density at radius 1 is 0.402 bits per heavy atom. The molecule has 0 radical (unpaired) electrons. The first kappa shape index (κ1) is 82.9. The van der Waals surface area contributed by atoms with Crippen LogP contribution < -0.4 is 5.32 Å². The summed E-state index contributed by atoms with van der Waals surface area (Å²) in [5.41, 5.74) is 0. The van der Waals surface area contributed by atoms with Crippen LogP contribution in [0.3, 0.4) is 0 Å². The predicted molar refractivity (Wildman–Crippen MR) is 360 cm³/mol. The highest BCUT2D eigenvalue weighted by Gasteiger charge is 2.53. The van der Waals surface area contributed by atoms with Crippen molar-refractivity contribution in [1.82, 2.24) is 5.32 Å². The number of aliphatic hydroxyl groups is 11. The number of ether oxygens (including phenoxy) is 6. The van der Waals surface area contributed by atoms with Gasteiger partial charge in [-0.2, -0.15) is 0 Å². The van der Waals surface area contributed by atoms with Crippen molar-refractivity contribution >= 4 is 5.91 Å². The molecule has 19 nitrogen and oxygen atoms in total. The molecule has 3 heterocycles. The lowest BCUT2D eigenvalue weighted by atomic mass is 9.96. The van der Waals surface area contributed by atoms with Gasteiger partial charge in [-0.3, -0.25) is 4.79 Å². The van der Waals surface area contributed by atoms with E-state index in [0.717, 1.165) is 103 Å². The molecule has 0 aliphatic carbocycles. The van der Waals surface area contributed by atoms with Crippen molar-refractivity contribution in [3.05, 3.63) is 97.2 Å². The number of hydrogen-bond donors (Lipinski definition) is 12. The van der Waals surface area contributed by atoms with Gasteiger partial charge in [0.05, 0.1) is 38.6 Å². The summed E-state index contributed by atoms with van der Waals surface area (Å²) in [6.07, 6.45) is 43.8. The van der Waals surface area contributed by atoms with E-state index in [-0.39, 0.29) is 18.9 Å². The van der Waals surface area contributed by atoms with Crippen molar-refractivity contribution in [2.24, 2.45) is 0 Å². The smallest absolute Gasteiger partial charge is 0.220 e. The minimum absolute atomic E-state index is 0.213. The van der Waals surface area contributed by atoms with Gasteiger partial charge in [-0.1, -0.05) is 227 Å². The van der Waals surface area contributed by atoms with Gasteiger partial charge in [-0.25, -0.2) is 0 Å². The number of unbranched alkanes of at least 4 members (excludes halogenated alkanes) is 23. The number of rotatable bonds is 53. The van der Waals surface area contributed by atoms with E-state index in [4.69, 9.17) is 28.4 Å². The zero-order valence-electron chi connectivity index (χ0n) is 56.0. The molecule has 0 spiro atoms. The second-order valence-electron chi connectivity index (χ2n) is 24.9. The third kappa shape index (κ3) is 35.1. The van der Waals surface area contributed by atoms with Crippen molar-refractivity contribution < 1.29 is 89.4 Å². The van der Waals surface area contributed by atoms with Gasteiger partial charge < -0.3 is 89.9 Å². The summed E-state index contributed by atoms with van der Waals surface area (Å²) in [4.78, 5) is 13.4. The first-order valence-electron chi connectivity index (χ1n) is 35.5. The Balaban J connectivity index is 1.46. The molecule has 0 bridgehead atoms. The quantitative estimate of drug-likeness (QED) is 0.0199. The fraction of sp³-hybridized carbons (Fsp3) is 0.767. The average molecular weight is 1300 g/mol. The van der Waals surface area contributed by atoms with E-state index in [9.17, 15) is 61.0 Å². The van der Waals surface area contributed by atoms with E-state index >= 15 is 0 Å². The van der Waals surface area contributed by atoms with Gasteiger partial charge in [0.15, 0.2) is 18.9 Å². The molecule has 0 aromatic heterocycles. The van der Waals surface area contributed by atoms with Crippen molar-refractivity contribution in [2.45, 2.75) is 330 Å². The Morgan fingerprint density at radius 2 is 0.761 bits per heavy atom. The highest BCUT2D eigenvalue weighted by atomic mass is 16.8. The summed E-state index contributed by atoms with van der Waals surface area (Å²) in [6, 6.07) is -1.01. The van der Waals surface area contributed by atoms with Gasteiger partial charge in [0, 0.05) is 6.42 Å². The highest BCUT2D eigenvalue weighted by molar-refractivity contribution is 5.76. The summed E-state index contributed by atoms with van der Waals surface area (Å²) in [7, 11) is 0. The van der Waals surface area contributed by atoms with Crippen molar-refractivity contribution in [1.29, 1.82) is 0 Å². The molecule has 3 aliphatic rings. The molecule has 92 heavy (non-hydrogen) atoms. The number of carbonyl (C=O) groups excluding carboxylic acids is 1. The zero-order chi connectivity index (χ0) is 66.8. The standard InChI is InChI=1S/C73H125NO18/c1-3-5-7-9-11-13-15-17-19-21-23-25-27-29-30-32-34-36-38-40-42-44-46-48-50-57(78)56(74-61(79)51-49-47-45-43-41-39-37-35-33-31-28-26-24-22-20-18-16-14-12-10-8-6-4-2)55-87-71-67(85)64(82)69(59(53-76)89-71)92-73-68(86)65(83)70(60(54-77)90-73)91-72-66(84)63(81)62(80)58(52-75)88-72/h6,8,12,14,18,20,24,26,31-34,40,42,48,50,56-60,62-73,75-78,80-86H,3-5,7,9-11,13,15-17,19,21-23,25,27-30,35-39,41,43-47,49,51-55H2,1-2H3,(H,74,79)/b8-6-,14-12-,20-18-,26-24-,33-31-,34-32+,42-40+,50-48+. The van der Waals surface area contributed by atoms with Gasteiger partial charge in [-0.15, -0.1) is 0 Å². The van der Waals surface area contributed by atoms with Crippen molar-refractivity contribution in [3.8, 4) is 0 Å². The molecule has 3 saturated heterocycles. The maximum atomic E-state index is 13.4. The molecule has 0 aromatic carbocycles. The first-order valence-corrected chi connectivity index (χ1v) is 35.5. The van der Waals surface area contributed by atoms with Crippen LogP contribution in [0, 0.1) is 0 Å². The van der Waals surface area contributed by atoms with Gasteiger partial charge in [0.1, 0.15) is 73.2 Å².